The van der Waals surface area contributed by atoms with E-state index in [9.17, 15) is 0 Å². The van der Waals surface area contributed by atoms with Crippen molar-refractivity contribution < 1.29 is 4.42 Å². The number of fused-ring (bicyclic) bond motifs is 1. The van der Waals surface area contributed by atoms with E-state index in [0.717, 1.165) is 36.5 Å². The highest BCUT2D eigenvalue weighted by Crippen LogP contribution is 2.17. The number of nitrogens with one attached hydrogen (secondary N) is 1. The largest absolute Gasteiger partial charge is 0.469 e. The first-order valence-corrected chi connectivity index (χ1v) is 6.91. The molecule has 0 saturated heterocycles. The Hall–Kier alpha value is -2.13. The summed E-state index contributed by atoms with van der Waals surface area (Å²) >= 11 is 0. The van der Waals surface area contributed by atoms with Crippen molar-refractivity contribution >= 4 is 10.9 Å². The summed E-state index contributed by atoms with van der Waals surface area (Å²) in [5.41, 5.74) is 3.43. The van der Waals surface area contributed by atoms with Gasteiger partial charge in [-0.25, -0.2) is 0 Å². The van der Waals surface area contributed by atoms with Gasteiger partial charge in [-0.05, 0) is 36.8 Å². The van der Waals surface area contributed by atoms with Gasteiger partial charge in [0.15, 0.2) is 0 Å². The molecule has 0 aliphatic heterocycles. The minimum atomic E-state index is 0.852. The highest BCUT2D eigenvalue weighted by Gasteiger charge is 2.03. The van der Waals surface area contributed by atoms with Crippen LogP contribution in [0.2, 0.25) is 0 Å². The van der Waals surface area contributed by atoms with Crippen molar-refractivity contribution in [1.82, 2.24) is 10.3 Å². The summed E-state index contributed by atoms with van der Waals surface area (Å²) < 4.78 is 5.33. The second-order valence-corrected chi connectivity index (χ2v) is 4.95. The second kappa shape index (κ2) is 5.88. The first-order chi connectivity index (χ1) is 9.83. The summed E-state index contributed by atoms with van der Waals surface area (Å²) in [5, 5.41) is 4.70. The second-order valence-electron chi connectivity index (χ2n) is 4.95. The van der Waals surface area contributed by atoms with Crippen LogP contribution in [-0.4, -0.2) is 11.5 Å². The molecular weight excluding hydrogens is 248 g/mol. The van der Waals surface area contributed by atoms with Crippen LogP contribution in [0.1, 0.15) is 17.0 Å². The molecule has 102 valence electrons. The Bertz CT molecular complexity index is 689. The molecule has 0 spiro atoms. The molecular formula is C17H18N2O. The number of benzene rings is 1. The summed E-state index contributed by atoms with van der Waals surface area (Å²) in [4.78, 5) is 4.56. The van der Waals surface area contributed by atoms with Gasteiger partial charge < -0.3 is 9.73 Å². The fourth-order valence-electron chi connectivity index (χ4n) is 2.43. The van der Waals surface area contributed by atoms with E-state index < -0.39 is 0 Å². The molecule has 0 amide bonds. The van der Waals surface area contributed by atoms with Gasteiger partial charge in [0.1, 0.15) is 5.76 Å². The summed E-state index contributed by atoms with van der Waals surface area (Å²) in [6.45, 7) is 3.80. The number of furan rings is 1. The molecule has 3 rings (SSSR count). The van der Waals surface area contributed by atoms with E-state index in [1.54, 1.807) is 6.26 Å². The monoisotopic (exact) mass is 266 g/mol. The predicted molar refractivity (Wildman–Crippen MR) is 80.6 cm³/mol. The molecule has 3 nitrogen and oxygen atoms in total. The zero-order valence-electron chi connectivity index (χ0n) is 11.6. The molecule has 0 fully saturated rings. The van der Waals surface area contributed by atoms with Crippen molar-refractivity contribution in [2.45, 2.75) is 19.9 Å². The SMILES string of the molecule is Cc1cc(CNCCc2ccco2)c2ccccc2n1. The first-order valence-electron chi connectivity index (χ1n) is 6.91. The van der Waals surface area contributed by atoms with Crippen molar-refractivity contribution in [3.05, 3.63) is 65.7 Å². The number of hydrogen-bond donors (Lipinski definition) is 1. The molecule has 2 aromatic heterocycles. The van der Waals surface area contributed by atoms with Crippen molar-refractivity contribution in [3.63, 3.8) is 0 Å². The van der Waals surface area contributed by atoms with E-state index in [2.05, 4.69) is 34.6 Å². The topological polar surface area (TPSA) is 38.1 Å². The Morgan fingerprint density at radius 2 is 2.05 bits per heavy atom. The van der Waals surface area contributed by atoms with Crippen molar-refractivity contribution in [1.29, 1.82) is 0 Å². The van der Waals surface area contributed by atoms with Gasteiger partial charge in [-0.3, -0.25) is 4.98 Å². The van der Waals surface area contributed by atoms with Crippen LogP contribution >= 0.6 is 0 Å². The zero-order valence-corrected chi connectivity index (χ0v) is 11.6. The van der Waals surface area contributed by atoms with Gasteiger partial charge in [0.25, 0.3) is 0 Å². The molecule has 0 unspecified atom stereocenters. The highest BCUT2D eigenvalue weighted by atomic mass is 16.3. The fourth-order valence-corrected chi connectivity index (χ4v) is 2.43. The third-order valence-electron chi connectivity index (χ3n) is 3.37. The fraction of sp³-hybridized carbons (Fsp3) is 0.235. The van der Waals surface area contributed by atoms with E-state index in [1.165, 1.54) is 10.9 Å². The van der Waals surface area contributed by atoms with Gasteiger partial charge in [-0.2, -0.15) is 0 Å². The van der Waals surface area contributed by atoms with Crippen molar-refractivity contribution in [2.75, 3.05) is 6.54 Å². The molecule has 3 aromatic rings. The normalized spacial score (nSPS) is 11.1. The molecule has 1 aromatic carbocycles. The maximum atomic E-state index is 5.33. The molecule has 2 heterocycles. The number of pyridine rings is 1. The lowest BCUT2D eigenvalue weighted by atomic mass is 10.1. The Kier molecular flexibility index (Phi) is 3.79. The zero-order chi connectivity index (χ0) is 13.8. The summed E-state index contributed by atoms with van der Waals surface area (Å²) in [6, 6.07) is 14.4. The molecule has 1 N–H and O–H groups in total. The van der Waals surface area contributed by atoms with Crippen LogP contribution in [0.4, 0.5) is 0 Å². The molecule has 3 heteroatoms. The summed E-state index contributed by atoms with van der Waals surface area (Å²) in [7, 11) is 0. The summed E-state index contributed by atoms with van der Waals surface area (Å²) in [6.07, 6.45) is 2.63. The number of rotatable bonds is 5. The van der Waals surface area contributed by atoms with Crippen LogP contribution < -0.4 is 5.32 Å². The molecule has 0 radical (unpaired) electrons. The Morgan fingerprint density at radius 3 is 2.90 bits per heavy atom. The lowest BCUT2D eigenvalue weighted by Crippen LogP contribution is -2.17. The number of hydrogen-bond acceptors (Lipinski definition) is 3. The van der Waals surface area contributed by atoms with Crippen molar-refractivity contribution in [3.8, 4) is 0 Å². The van der Waals surface area contributed by atoms with E-state index in [1.807, 2.05) is 25.1 Å². The third kappa shape index (κ3) is 2.89. The molecule has 0 saturated carbocycles. The molecule has 0 aliphatic rings. The van der Waals surface area contributed by atoms with E-state index in [-0.39, 0.29) is 0 Å². The number of aryl methyl sites for hydroxylation is 1. The molecule has 0 atom stereocenters. The van der Waals surface area contributed by atoms with Crippen LogP contribution in [0.25, 0.3) is 10.9 Å². The quantitative estimate of drug-likeness (QED) is 0.719. The van der Waals surface area contributed by atoms with Crippen LogP contribution in [0.5, 0.6) is 0 Å². The van der Waals surface area contributed by atoms with Crippen LogP contribution in [-0.2, 0) is 13.0 Å². The Morgan fingerprint density at radius 1 is 1.15 bits per heavy atom. The lowest BCUT2D eigenvalue weighted by molar-refractivity contribution is 0.499. The van der Waals surface area contributed by atoms with E-state index in [0.29, 0.717) is 0 Å². The standard InChI is InChI=1S/C17H18N2O/c1-13-11-14(16-6-2-3-7-17(16)19-13)12-18-9-8-15-5-4-10-20-15/h2-7,10-11,18H,8-9,12H2,1H3. The minimum Gasteiger partial charge on any atom is -0.469 e. The number of nitrogens with zero attached hydrogens (tertiary/aromatic N) is 1. The van der Waals surface area contributed by atoms with Gasteiger partial charge in [-0.1, -0.05) is 18.2 Å². The van der Waals surface area contributed by atoms with Gasteiger partial charge in [-0.15, -0.1) is 0 Å². The first kappa shape index (κ1) is 12.9. The van der Waals surface area contributed by atoms with Crippen LogP contribution in [0, 0.1) is 6.92 Å². The maximum absolute atomic E-state index is 5.33. The predicted octanol–water partition coefficient (Wildman–Crippen LogP) is 3.47. The number of para-hydroxylation sites is 1. The van der Waals surface area contributed by atoms with Gasteiger partial charge in [0.2, 0.25) is 0 Å². The molecule has 20 heavy (non-hydrogen) atoms. The highest BCUT2D eigenvalue weighted by molar-refractivity contribution is 5.82. The van der Waals surface area contributed by atoms with Gasteiger partial charge >= 0.3 is 0 Å². The Balaban J connectivity index is 1.68. The molecule has 0 bridgehead atoms. The Labute approximate surface area is 118 Å². The lowest BCUT2D eigenvalue weighted by Gasteiger charge is -2.09. The van der Waals surface area contributed by atoms with Crippen molar-refractivity contribution in [2.24, 2.45) is 0 Å². The minimum absolute atomic E-state index is 0.852. The van der Waals surface area contributed by atoms with E-state index >= 15 is 0 Å². The van der Waals surface area contributed by atoms with E-state index in [4.69, 9.17) is 4.42 Å². The maximum Gasteiger partial charge on any atom is 0.105 e. The van der Waals surface area contributed by atoms with Crippen LogP contribution in [0.15, 0.2) is 53.1 Å². The third-order valence-corrected chi connectivity index (χ3v) is 3.37. The smallest absolute Gasteiger partial charge is 0.105 e. The number of aromatic nitrogens is 1. The molecule has 0 aliphatic carbocycles. The van der Waals surface area contributed by atoms with Crippen LogP contribution in [0.3, 0.4) is 0 Å². The van der Waals surface area contributed by atoms with Gasteiger partial charge in [0.05, 0.1) is 11.8 Å². The average molecular weight is 266 g/mol. The summed E-state index contributed by atoms with van der Waals surface area (Å²) in [5.74, 6) is 1.02. The average Bonchev–Trinajstić information content (AvgIpc) is 2.96. The van der Waals surface area contributed by atoms with Gasteiger partial charge in [0, 0.05) is 30.6 Å².